The lowest BCUT2D eigenvalue weighted by Crippen LogP contribution is -2.34. The molecule has 1 rings (SSSR count). The summed E-state index contributed by atoms with van der Waals surface area (Å²) < 4.78 is 5.19. The van der Waals surface area contributed by atoms with E-state index < -0.39 is 11.7 Å². The van der Waals surface area contributed by atoms with Crippen molar-refractivity contribution in [2.45, 2.75) is 45.2 Å². The Morgan fingerprint density at radius 3 is 2.68 bits per heavy atom. The highest BCUT2D eigenvalue weighted by atomic mass is 35.5. The van der Waals surface area contributed by atoms with E-state index in [0.29, 0.717) is 10.7 Å². The quantitative estimate of drug-likeness (QED) is 0.857. The number of halogens is 2. The standard InChI is InChI=1S/C13H18Cl2N2O2/c1-8(17-12(18)19-13(2,3)4)11-9(6-14)5-10(15)7-16-11/h5,7-8H,6H2,1-4H3,(H,17,18). The van der Waals surface area contributed by atoms with Gasteiger partial charge in [-0.25, -0.2) is 4.79 Å². The molecule has 1 aromatic rings. The van der Waals surface area contributed by atoms with Crippen molar-refractivity contribution in [3.63, 3.8) is 0 Å². The molecule has 1 heterocycles. The van der Waals surface area contributed by atoms with E-state index in [1.54, 1.807) is 6.07 Å². The summed E-state index contributed by atoms with van der Waals surface area (Å²) in [4.78, 5) is 15.9. The van der Waals surface area contributed by atoms with Crippen molar-refractivity contribution in [3.05, 3.63) is 28.5 Å². The monoisotopic (exact) mass is 304 g/mol. The van der Waals surface area contributed by atoms with Crippen molar-refractivity contribution < 1.29 is 9.53 Å². The molecule has 0 aliphatic carbocycles. The van der Waals surface area contributed by atoms with Crippen molar-refractivity contribution in [2.75, 3.05) is 0 Å². The molecule has 0 radical (unpaired) electrons. The number of ether oxygens (including phenoxy) is 1. The number of rotatable bonds is 3. The third kappa shape index (κ3) is 5.25. The lowest BCUT2D eigenvalue weighted by Gasteiger charge is -2.22. The number of carbonyl (C=O) groups excluding carboxylic acids is 1. The first kappa shape index (κ1) is 16.1. The second-order valence-electron chi connectivity index (χ2n) is 5.20. The number of nitrogens with one attached hydrogen (secondary N) is 1. The number of alkyl carbamates (subject to hydrolysis) is 1. The van der Waals surface area contributed by atoms with Crippen LogP contribution in [0.4, 0.5) is 4.79 Å². The maximum absolute atomic E-state index is 11.7. The van der Waals surface area contributed by atoms with Crippen molar-refractivity contribution in [1.29, 1.82) is 0 Å². The Labute approximate surface area is 123 Å². The van der Waals surface area contributed by atoms with Gasteiger partial charge in [-0.05, 0) is 39.3 Å². The molecule has 0 aliphatic heterocycles. The first-order chi connectivity index (χ1) is 8.73. The SMILES string of the molecule is CC(NC(=O)OC(C)(C)C)c1ncc(Cl)cc1CCl. The maximum Gasteiger partial charge on any atom is 0.408 e. The molecular weight excluding hydrogens is 287 g/mol. The van der Waals surface area contributed by atoms with Gasteiger partial charge in [-0.15, -0.1) is 11.6 Å². The number of hydrogen-bond donors (Lipinski definition) is 1. The molecule has 106 valence electrons. The van der Waals surface area contributed by atoms with Crippen LogP contribution in [-0.4, -0.2) is 16.7 Å². The summed E-state index contributed by atoms with van der Waals surface area (Å²) in [7, 11) is 0. The number of carbonyl (C=O) groups is 1. The van der Waals surface area contributed by atoms with Gasteiger partial charge in [0, 0.05) is 12.1 Å². The van der Waals surface area contributed by atoms with Crippen LogP contribution in [0.3, 0.4) is 0 Å². The van der Waals surface area contributed by atoms with Crippen molar-refractivity contribution in [1.82, 2.24) is 10.3 Å². The zero-order valence-corrected chi connectivity index (χ0v) is 13.0. The third-order valence-corrected chi connectivity index (χ3v) is 2.75. The molecule has 1 aromatic heterocycles. The minimum atomic E-state index is -0.535. The van der Waals surface area contributed by atoms with E-state index in [0.717, 1.165) is 5.56 Å². The fourth-order valence-corrected chi connectivity index (χ4v) is 1.94. The van der Waals surface area contributed by atoms with Crippen LogP contribution in [0, 0.1) is 0 Å². The molecule has 0 saturated heterocycles. The summed E-state index contributed by atoms with van der Waals surface area (Å²) in [6.45, 7) is 7.24. The summed E-state index contributed by atoms with van der Waals surface area (Å²) in [5, 5.41) is 3.24. The molecule has 0 aromatic carbocycles. The highest BCUT2D eigenvalue weighted by Crippen LogP contribution is 2.21. The molecule has 0 saturated carbocycles. The molecule has 4 nitrogen and oxygen atoms in total. The zero-order chi connectivity index (χ0) is 14.6. The molecule has 1 atom stereocenters. The van der Waals surface area contributed by atoms with Gasteiger partial charge in [-0.2, -0.15) is 0 Å². The van der Waals surface area contributed by atoms with Gasteiger partial charge in [0.05, 0.1) is 16.8 Å². The Morgan fingerprint density at radius 1 is 1.53 bits per heavy atom. The van der Waals surface area contributed by atoms with Crippen LogP contribution in [0.2, 0.25) is 5.02 Å². The highest BCUT2D eigenvalue weighted by Gasteiger charge is 2.20. The van der Waals surface area contributed by atoms with Gasteiger partial charge >= 0.3 is 6.09 Å². The Morgan fingerprint density at radius 2 is 2.16 bits per heavy atom. The average molecular weight is 305 g/mol. The van der Waals surface area contributed by atoms with Crippen LogP contribution < -0.4 is 5.32 Å². The fraction of sp³-hybridized carbons (Fsp3) is 0.538. The molecular formula is C13H18Cl2N2O2. The van der Waals surface area contributed by atoms with Crippen LogP contribution >= 0.6 is 23.2 Å². The van der Waals surface area contributed by atoms with E-state index in [1.165, 1.54) is 6.20 Å². The summed E-state index contributed by atoms with van der Waals surface area (Å²) in [6.07, 6.45) is 1.04. The number of nitrogens with zero attached hydrogens (tertiary/aromatic N) is 1. The number of alkyl halides is 1. The molecule has 19 heavy (non-hydrogen) atoms. The molecule has 6 heteroatoms. The van der Waals surface area contributed by atoms with E-state index in [1.807, 2.05) is 27.7 Å². The van der Waals surface area contributed by atoms with Gasteiger partial charge in [0.15, 0.2) is 0 Å². The van der Waals surface area contributed by atoms with Gasteiger partial charge < -0.3 is 10.1 Å². The van der Waals surface area contributed by atoms with Crippen LogP contribution in [0.1, 0.15) is 45.0 Å². The minimum absolute atomic E-state index is 0.281. The fourth-order valence-electron chi connectivity index (χ4n) is 1.54. The van der Waals surface area contributed by atoms with Crippen LogP contribution in [0.15, 0.2) is 12.3 Å². The van der Waals surface area contributed by atoms with Crippen LogP contribution in [0.25, 0.3) is 0 Å². The predicted molar refractivity (Wildman–Crippen MR) is 76.6 cm³/mol. The first-order valence-electron chi connectivity index (χ1n) is 5.92. The van der Waals surface area contributed by atoms with Crippen molar-refractivity contribution >= 4 is 29.3 Å². The van der Waals surface area contributed by atoms with Crippen LogP contribution in [0.5, 0.6) is 0 Å². The average Bonchev–Trinajstić information content (AvgIpc) is 2.25. The van der Waals surface area contributed by atoms with Gasteiger partial charge in [0.2, 0.25) is 0 Å². The van der Waals surface area contributed by atoms with Gasteiger partial charge in [-0.1, -0.05) is 11.6 Å². The van der Waals surface area contributed by atoms with E-state index >= 15 is 0 Å². The summed E-state index contributed by atoms with van der Waals surface area (Å²) >= 11 is 11.7. The van der Waals surface area contributed by atoms with E-state index in [-0.39, 0.29) is 11.9 Å². The Kier molecular flexibility index (Phi) is 5.44. The van der Waals surface area contributed by atoms with Gasteiger partial charge in [0.1, 0.15) is 5.60 Å². The molecule has 0 spiro atoms. The molecule has 0 aliphatic rings. The Bertz CT molecular complexity index is 458. The topological polar surface area (TPSA) is 51.2 Å². The summed E-state index contributed by atoms with van der Waals surface area (Å²) in [5.74, 6) is 0.281. The number of amides is 1. The van der Waals surface area contributed by atoms with Gasteiger partial charge in [0.25, 0.3) is 0 Å². The lowest BCUT2D eigenvalue weighted by atomic mass is 10.1. The summed E-state index contributed by atoms with van der Waals surface area (Å²) in [6, 6.07) is 1.44. The number of hydrogen-bond acceptors (Lipinski definition) is 3. The normalized spacial score (nSPS) is 12.9. The lowest BCUT2D eigenvalue weighted by molar-refractivity contribution is 0.0507. The Hall–Kier alpha value is -1.000. The Balaban J connectivity index is 2.78. The largest absolute Gasteiger partial charge is 0.444 e. The molecule has 1 N–H and O–H groups in total. The third-order valence-electron chi connectivity index (χ3n) is 2.26. The molecule has 0 fully saturated rings. The number of pyridine rings is 1. The molecule has 1 amide bonds. The van der Waals surface area contributed by atoms with Gasteiger partial charge in [-0.3, -0.25) is 4.98 Å². The minimum Gasteiger partial charge on any atom is -0.444 e. The molecule has 1 unspecified atom stereocenters. The first-order valence-corrected chi connectivity index (χ1v) is 6.84. The van der Waals surface area contributed by atoms with Crippen LogP contribution in [-0.2, 0) is 10.6 Å². The maximum atomic E-state index is 11.7. The van der Waals surface area contributed by atoms with Crippen molar-refractivity contribution in [3.8, 4) is 0 Å². The van der Waals surface area contributed by atoms with Crippen molar-refractivity contribution in [2.24, 2.45) is 0 Å². The second kappa shape index (κ2) is 6.44. The smallest absolute Gasteiger partial charge is 0.408 e. The highest BCUT2D eigenvalue weighted by molar-refractivity contribution is 6.30. The molecule has 0 bridgehead atoms. The van der Waals surface area contributed by atoms with E-state index in [4.69, 9.17) is 27.9 Å². The summed E-state index contributed by atoms with van der Waals surface area (Å²) in [5.41, 5.74) is 0.940. The van der Waals surface area contributed by atoms with E-state index in [2.05, 4.69) is 10.3 Å². The zero-order valence-electron chi connectivity index (χ0n) is 11.5. The van der Waals surface area contributed by atoms with E-state index in [9.17, 15) is 4.79 Å². The second-order valence-corrected chi connectivity index (χ2v) is 5.90. The number of aromatic nitrogens is 1. The predicted octanol–water partition coefficient (Wildman–Crippen LogP) is 4.06.